The van der Waals surface area contributed by atoms with Gasteiger partial charge in [-0.1, -0.05) is 0 Å². The van der Waals surface area contributed by atoms with Crippen LogP contribution in [-0.4, -0.2) is 58.7 Å². The zero-order chi connectivity index (χ0) is 14.0. The molecule has 1 aromatic heterocycles. The van der Waals surface area contributed by atoms with Crippen LogP contribution < -0.4 is 5.73 Å². The molecule has 1 fully saturated rings. The molecule has 0 aromatic carbocycles. The lowest BCUT2D eigenvalue weighted by Crippen LogP contribution is -2.48. The number of nitrogens with two attached hydrogens (primary N) is 1. The van der Waals surface area contributed by atoms with Gasteiger partial charge in [0, 0.05) is 44.0 Å². The van der Waals surface area contributed by atoms with Gasteiger partial charge in [0.1, 0.15) is 6.54 Å². The van der Waals surface area contributed by atoms with E-state index in [1.807, 2.05) is 18.7 Å². The fraction of sp³-hybridized carbons (Fsp3) is 0.692. The molecule has 0 spiro atoms. The van der Waals surface area contributed by atoms with Crippen LogP contribution in [0.3, 0.4) is 0 Å². The average molecular weight is 265 g/mol. The van der Waals surface area contributed by atoms with E-state index in [2.05, 4.69) is 17.0 Å². The highest BCUT2D eigenvalue weighted by molar-refractivity contribution is 5.76. The van der Waals surface area contributed by atoms with Crippen molar-refractivity contribution in [2.75, 3.05) is 33.2 Å². The maximum Gasteiger partial charge on any atom is 0.244 e. The molecule has 1 aromatic rings. The predicted molar refractivity (Wildman–Crippen MR) is 73.7 cm³/mol. The van der Waals surface area contributed by atoms with E-state index in [0.717, 1.165) is 43.1 Å². The minimum atomic E-state index is 0.141. The second-order valence-electron chi connectivity index (χ2n) is 5.20. The molecule has 1 aliphatic rings. The molecule has 6 nitrogen and oxygen atoms in total. The van der Waals surface area contributed by atoms with Gasteiger partial charge in [-0.05, 0) is 20.9 Å². The Balaban J connectivity index is 2.03. The predicted octanol–water partition coefficient (Wildman–Crippen LogP) is -0.267. The molecular weight excluding hydrogens is 242 g/mol. The highest BCUT2D eigenvalue weighted by atomic mass is 16.2. The monoisotopic (exact) mass is 265 g/mol. The standard InChI is InChI=1S/C13H23N5O/c1-10-12(8-14)11(2)18(15-10)9-13(19)17-6-4-16(3)5-7-17/h4-9,14H2,1-3H3. The number of hydrogen-bond acceptors (Lipinski definition) is 4. The van der Waals surface area contributed by atoms with Crippen molar-refractivity contribution in [2.45, 2.75) is 26.9 Å². The molecule has 0 saturated carbocycles. The molecule has 0 bridgehead atoms. The van der Waals surface area contributed by atoms with Gasteiger partial charge in [-0.3, -0.25) is 9.48 Å². The summed E-state index contributed by atoms with van der Waals surface area (Å²) in [6.07, 6.45) is 0. The van der Waals surface area contributed by atoms with Crippen LogP contribution in [0.2, 0.25) is 0 Å². The Hall–Kier alpha value is -1.40. The zero-order valence-corrected chi connectivity index (χ0v) is 12.0. The Morgan fingerprint density at radius 3 is 2.42 bits per heavy atom. The Labute approximate surface area is 114 Å². The molecule has 0 aliphatic carbocycles. The topological polar surface area (TPSA) is 67.4 Å². The second kappa shape index (κ2) is 5.71. The maximum atomic E-state index is 12.3. The second-order valence-corrected chi connectivity index (χ2v) is 5.20. The molecule has 19 heavy (non-hydrogen) atoms. The summed E-state index contributed by atoms with van der Waals surface area (Å²) in [6, 6.07) is 0. The van der Waals surface area contributed by atoms with Gasteiger partial charge in [0.15, 0.2) is 0 Å². The Kier molecular flexibility index (Phi) is 4.21. The maximum absolute atomic E-state index is 12.3. The highest BCUT2D eigenvalue weighted by Crippen LogP contribution is 2.12. The van der Waals surface area contributed by atoms with Crippen LogP contribution in [0.25, 0.3) is 0 Å². The van der Waals surface area contributed by atoms with E-state index < -0.39 is 0 Å². The van der Waals surface area contributed by atoms with Gasteiger partial charge in [0.05, 0.1) is 5.69 Å². The van der Waals surface area contributed by atoms with E-state index in [1.54, 1.807) is 4.68 Å². The van der Waals surface area contributed by atoms with Crippen molar-refractivity contribution in [2.24, 2.45) is 5.73 Å². The van der Waals surface area contributed by atoms with E-state index in [9.17, 15) is 4.79 Å². The number of aryl methyl sites for hydroxylation is 1. The minimum Gasteiger partial charge on any atom is -0.339 e. The van der Waals surface area contributed by atoms with Crippen LogP contribution in [0.15, 0.2) is 0 Å². The molecule has 2 heterocycles. The third-order valence-electron chi connectivity index (χ3n) is 3.88. The average Bonchev–Trinajstić information content (AvgIpc) is 2.64. The fourth-order valence-corrected chi connectivity index (χ4v) is 2.47. The number of aromatic nitrogens is 2. The van der Waals surface area contributed by atoms with E-state index in [-0.39, 0.29) is 5.91 Å². The van der Waals surface area contributed by atoms with Gasteiger partial charge >= 0.3 is 0 Å². The van der Waals surface area contributed by atoms with E-state index in [0.29, 0.717) is 13.1 Å². The van der Waals surface area contributed by atoms with Crippen LogP contribution >= 0.6 is 0 Å². The van der Waals surface area contributed by atoms with Crippen molar-refractivity contribution >= 4 is 5.91 Å². The largest absolute Gasteiger partial charge is 0.339 e. The van der Waals surface area contributed by atoms with Crippen LogP contribution in [0.5, 0.6) is 0 Å². The van der Waals surface area contributed by atoms with Crippen molar-refractivity contribution in [3.05, 3.63) is 17.0 Å². The molecule has 1 aliphatic heterocycles. The lowest BCUT2D eigenvalue weighted by Gasteiger charge is -2.32. The number of likely N-dealkylation sites (N-methyl/N-ethyl adjacent to an activating group) is 1. The number of nitrogens with zero attached hydrogens (tertiary/aromatic N) is 4. The number of piperazine rings is 1. The van der Waals surface area contributed by atoms with E-state index in [4.69, 9.17) is 5.73 Å². The number of hydrogen-bond donors (Lipinski definition) is 1. The van der Waals surface area contributed by atoms with Gasteiger partial charge in [-0.2, -0.15) is 5.10 Å². The lowest BCUT2D eigenvalue weighted by atomic mass is 10.2. The molecule has 2 rings (SSSR count). The molecule has 6 heteroatoms. The van der Waals surface area contributed by atoms with Gasteiger partial charge in [0.2, 0.25) is 5.91 Å². The van der Waals surface area contributed by atoms with Gasteiger partial charge < -0.3 is 15.5 Å². The summed E-state index contributed by atoms with van der Waals surface area (Å²) in [6.45, 7) is 8.19. The van der Waals surface area contributed by atoms with E-state index >= 15 is 0 Å². The van der Waals surface area contributed by atoms with Gasteiger partial charge in [-0.15, -0.1) is 0 Å². The lowest BCUT2D eigenvalue weighted by molar-refractivity contribution is -0.133. The summed E-state index contributed by atoms with van der Waals surface area (Å²) in [7, 11) is 2.08. The molecule has 2 N–H and O–H groups in total. The first-order chi connectivity index (χ1) is 9.02. The fourth-order valence-electron chi connectivity index (χ4n) is 2.47. The first kappa shape index (κ1) is 14.0. The first-order valence-electron chi connectivity index (χ1n) is 6.72. The molecule has 0 unspecified atom stereocenters. The third-order valence-corrected chi connectivity index (χ3v) is 3.88. The van der Waals surface area contributed by atoms with Crippen molar-refractivity contribution in [1.82, 2.24) is 19.6 Å². The summed E-state index contributed by atoms with van der Waals surface area (Å²) >= 11 is 0. The molecule has 106 valence electrons. The highest BCUT2D eigenvalue weighted by Gasteiger charge is 2.20. The Morgan fingerprint density at radius 1 is 1.26 bits per heavy atom. The number of amides is 1. The normalized spacial score (nSPS) is 16.9. The van der Waals surface area contributed by atoms with Crippen molar-refractivity contribution < 1.29 is 4.79 Å². The summed E-state index contributed by atoms with van der Waals surface area (Å²) in [5, 5.41) is 4.41. The molecule has 1 amide bonds. The quantitative estimate of drug-likeness (QED) is 0.817. The molecule has 1 saturated heterocycles. The smallest absolute Gasteiger partial charge is 0.244 e. The zero-order valence-electron chi connectivity index (χ0n) is 12.0. The third kappa shape index (κ3) is 2.96. The Bertz CT molecular complexity index is 460. The summed E-state index contributed by atoms with van der Waals surface area (Å²) in [4.78, 5) is 16.4. The number of carbonyl (C=O) groups is 1. The van der Waals surface area contributed by atoms with Crippen LogP contribution in [0, 0.1) is 13.8 Å². The molecule has 0 atom stereocenters. The van der Waals surface area contributed by atoms with Crippen LogP contribution in [0.4, 0.5) is 0 Å². The van der Waals surface area contributed by atoms with Crippen molar-refractivity contribution in [3.63, 3.8) is 0 Å². The van der Waals surface area contributed by atoms with Gasteiger partial charge in [0.25, 0.3) is 0 Å². The molecular formula is C13H23N5O. The number of carbonyl (C=O) groups excluding carboxylic acids is 1. The van der Waals surface area contributed by atoms with Crippen LogP contribution in [0.1, 0.15) is 17.0 Å². The summed E-state index contributed by atoms with van der Waals surface area (Å²) in [5.74, 6) is 0.141. The van der Waals surface area contributed by atoms with E-state index in [1.165, 1.54) is 0 Å². The molecule has 0 radical (unpaired) electrons. The minimum absolute atomic E-state index is 0.141. The van der Waals surface area contributed by atoms with Gasteiger partial charge in [-0.25, -0.2) is 0 Å². The summed E-state index contributed by atoms with van der Waals surface area (Å²) < 4.78 is 1.78. The SMILES string of the molecule is Cc1nn(CC(=O)N2CCN(C)CC2)c(C)c1CN. The van der Waals surface area contributed by atoms with Crippen molar-refractivity contribution in [1.29, 1.82) is 0 Å². The van der Waals surface area contributed by atoms with Crippen molar-refractivity contribution in [3.8, 4) is 0 Å². The van der Waals surface area contributed by atoms with Crippen LogP contribution in [-0.2, 0) is 17.9 Å². The summed E-state index contributed by atoms with van der Waals surface area (Å²) in [5.41, 5.74) is 8.67. The number of rotatable bonds is 3. The first-order valence-corrected chi connectivity index (χ1v) is 6.72. The Morgan fingerprint density at radius 2 is 1.89 bits per heavy atom.